The van der Waals surface area contributed by atoms with Gasteiger partial charge in [0.25, 0.3) is 5.91 Å². The van der Waals surface area contributed by atoms with E-state index in [2.05, 4.69) is 10.6 Å². The fraction of sp³-hybridized carbons (Fsp3) is 0.516. The molecule has 0 radical (unpaired) electrons. The molecule has 9 nitrogen and oxygen atoms in total. The summed E-state index contributed by atoms with van der Waals surface area (Å²) in [6.45, 7) is 6.90. The van der Waals surface area contributed by atoms with Crippen LogP contribution in [-0.4, -0.2) is 76.0 Å². The van der Waals surface area contributed by atoms with Crippen molar-refractivity contribution in [3.8, 4) is 0 Å². The van der Waals surface area contributed by atoms with E-state index in [-0.39, 0.29) is 30.9 Å². The first-order chi connectivity index (χ1) is 19.7. The summed E-state index contributed by atoms with van der Waals surface area (Å²) < 4.78 is 10.5. The fourth-order valence-corrected chi connectivity index (χ4v) is 6.39. The van der Waals surface area contributed by atoms with Crippen molar-refractivity contribution < 1.29 is 29.0 Å². The zero-order valence-corrected chi connectivity index (χ0v) is 24.8. The third-order valence-electron chi connectivity index (χ3n) is 7.70. The minimum absolute atomic E-state index is 0.105. The Hall–Kier alpha value is -3.08. The average molecular weight is 584 g/mol. The van der Waals surface area contributed by atoms with Gasteiger partial charge in [-0.05, 0) is 63.1 Å². The molecular formula is C31H41N3O6S. The monoisotopic (exact) mass is 583 g/mol. The lowest BCUT2D eigenvalue weighted by atomic mass is 9.97. The lowest BCUT2D eigenvalue weighted by Gasteiger charge is -2.33. The molecule has 0 aromatic heterocycles. The van der Waals surface area contributed by atoms with Crippen molar-refractivity contribution in [2.45, 2.75) is 82.0 Å². The number of benzene rings is 2. The molecule has 2 aromatic rings. The molecule has 41 heavy (non-hydrogen) atoms. The molecule has 0 aliphatic carbocycles. The molecule has 2 aliphatic heterocycles. The summed E-state index contributed by atoms with van der Waals surface area (Å²) in [5.74, 6) is -0.661. The van der Waals surface area contributed by atoms with Crippen molar-refractivity contribution in [1.82, 2.24) is 15.5 Å². The highest BCUT2D eigenvalue weighted by Gasteiger charge is 2.49. The van der Waals surface area contributed by atoms with Crippen LogP contribution in [0.2, 0.25) is 0 Å². The number of alkyl carbamates (subject to hydrolysis) is 1. The van der Waals surface area contributed by atoms with E-state index in [9.17, 15) is 19.5 Å². The number of thioether (sulfide) groups is 1. The molecule has 222 valence electrons. The van der Waals surface area contributed by atoms with Crippen LogP contribution in [0.15, 0.2) is 54.6 Å². The number of carbonyl (C=O) groups excluding carboxylic acids is 3. The summed E-state index contributed by atoms with van der Waals surface area (Å²) in [6.07, 6.45) is 0.562. The van der Waals surface area contributed by atoms with Gasteiger partial charge < -0.3 is 30.1 Å². The Bertz CT molecular complexity index is 1190. The molecule has 0 saturated carbocycles. The third kappa shape index (κ3) is 8.24. The van der Waals surface area contributed by atoms with E-state index in [1.165, 1.54) is 16.7 Å². The van der Waals surface area contributed by atoms with Crippen LogP contribution < -0.4 is 10.6 Å². The van der Waals surface area contributed by atoms with E-state index in [1.54, 1.807) is 0 Å². The van der Waals surface area contributed by atoms with Crippen molar-refractivity contribution in [3.63, 3.8) is 0 Å². The summed E-state index contributed by atoms with van der Waals surface area (Å²) in [5, 5.41) is 17.0. The van der Waals surface area contributed by atoms with Gasteiger partial charge in [-0.15, -0.1) is 11.8 Å². The maximum Gasteiger partial charge on any atom is 0.407 e. The molecule has 3 amide bonds. The highest BCUT2D eigenvalue weighted by Crippen LogP contribution is 2.40. The number of nitrogens with one attached hydrogen (secondary N) is 2. The predicted molar refractivity (Wildman–Crippen MR) is 158 cm³/mol. The van der Waals surface area contributed by atoms with Gasteiger partial charge in [-0.1, -0.05) is 54.6 Å². The summed E-state index contributed by atoms with van der Waals surface area (Å²) >= 11 is 1.48. The molecule has 0 spiro atoms. The van der Waals surface area contributed by atoms with E-state index in [1.807, 2.05) is 75.4 Å². The molecule has 1 unspecified atom stereocenters. The van der Waals surface area contributed by atoms with Crippen LogP contribution in [0.25, 0.3) is 0 Å². The van der Waals surface area contributed by atoms with Crippen LogP contribution in [0.4, 0.5) is 4.79 Å². The number of carbonyl (C=O) groups is 3. The SMILES string of the molecule is Cc1ccccc1CNC(=O)[C@H]1N(C(=O)[C@@H](O)[C@H](Cc2ccccc2)NC(=O)OCC2CCCCO2)CSC1(C)C. The molecule has 4 rings (SSSR count). The van der Waals surface area contributed by atoms with Crippen molar-refractivity contribution in [2.75, 3.05) is 19.1 Å². The highest BCUT2D eigenvalue weighted by atomic mass is 32.2. The molecule has 2 aromatic carbocycles. The molecule has 10 heteroatoms. The van der Waals surface area contributed by atoms with Crippen LogP contribution in [0.3, 0.4) is 0 Å². The van der Waals surface area contributed by atoms with Gasteiger partial charge in [0.1, 0.15) is 12.6 Å². The summed E-state index contributed by atoms with van der Waals surface area (Å²) in [7, 11) is 0. The van der Waals surface area contributed by atoms with Crippen LogP contribution in [-0.2, 0) is 32.0 Å². The Morgan fingerprint density at radius 3 is 2.56 bits per heavy atom. The normalized spacial score (nSPS) is 21.5. The van der Waals surface area contributed by atoms with Crippen molar-refractivity contribution in [3.05, 3.63) is 71.3 Å². The van der Waals surface area contributed by atoms with E-state index >= 15 is 0 Å². The maximum atomic E-state index is 13.8. The first kappa shape index (κ1) is 30.9. The predicted octanol–water partition coefficient (Wildman–Crippen LogP) is 3.56. The number of amides is 3. The molecule has 2 fully saturated rings. The minimum Gasteiger partial charge on any atom is -0.447 e. The lowest BCUT2D eigenvalue weighted by molar-refractivity contribution is -0.147. The molecule has 3 N–H and O–H groups in total. The van der Waals surface area contributed by atoms with Crippen molar-refractivity contribution in [2.24, 2.45) is 0 Å². The first-order valence-electron chi connectivity index (χ1n) is 14.2. The summed E-state index contributed by atoms with van der Waals surface area (Å²) in [5.41, 5.74) is 2.89. The molecule has 0 bridgehead atoms. The Labute approximate surface area is 246 Å². The van der Waals surface area contributed by atoms with Crippen LogP contribution in [0.1, 0.15) is 49.8 Å². The molecule has 2 saturated heterocycles. The van der Waals surface area contributed by atoms with Gasteiger partial charge in [-0.25, -0.2) is 4.79 Å². The number of hydrogen-bond acceptors (Lipinski definition) is 7. The van der Waals surface area contributed by atoms with Crippen molar-refractivity contribution in [1.29, 1.82) is 0 Å². The van der Waals surface area contributed by atoms with Crippen LogP contribution in [0.5, 0.6) is 0 Å². The van der Waals surface area contributed by atoms with Gasteiger partial charge in [0.05, 0.1) is 18.0 Å². The topological polar surface area (TPSA) is 117 Å². The summed E-state index contributed by atoms with van der Waals surface area (Å²) in [6, 6.07) is 15.3. The Morgan fingerprint density at radius 1 is 1.12 bits per heavy atom. The zero-order valence-electron chi connectivity index (χ0n) is 24.0. The Balaban J connectivity index is 1.45. The standard InChI is InChI=1S/C31H41N3O6S/c1-21-11-7-8-14-23(21)18-32-28(36)27-31(2,3)41-20-34(27)29(37)26(35)25(17-22-12-5-4-6-13-22)33-30(38)40-19-24-15-9-10-16-39-24/h4-8,11-14,24-27,35H,9-10,15-20H2,1-3H3,(H,32,36)(H,33,38)/t24?,25-,26-,27+/m0/s1. The van der Waals surface area contributed by atoms with Gasteiger partial charge in [0.2, 0.25) is 5.91 Å². The minimum atomic E-state index is -1.59. The quantitative estimate of drug-likeness (QED) is 0.392. The number of aliphatic hydroxyl groups is 1. The molecule has 2 aliphatic rings. The second kappa shape index (κ2) is 14.2. The number of rotatable bonds is 10. The zero-order chi connectivity index (χ0) is 29.4. The van der Waals surface area contributed by atoms with E-state index in [0.29, 0.717) is 13.2 Å². The van der Waals surface area contributed by atoms with E-state index < -0.39 is 34.9 Å². The van der Waals surface area contributed by atoms with E-state index in [0.717, 1.165) is 36.0 Å². The van der Waals surface area contributed by atoms with Gasteiger partial charge in [0, 0.05) is 17.9 Å². The second-order valence-corrected chi connectivity index (χ2v) is 12.8. The number of aliphatic hydroxyl groups excluding tert-OH is 1. The van der Waals surface area contributed by atoms with Gasteiger partial charge >= 0.3 is 6.09 Å². The van der Waals surface area contributed by atoms with Gasteiger partial charge in [-0.3, -0.25) is 9.59 Å². The number of ether oxygens (including phenoxy) is 2. The third-order valence-corrected chi connectivity index (χ3v) is 9.08. The lowest BCUT2D eigenvalue weighted by Crippen LogP contribution is -2.58. The largest absolute Gasteiger partial charge is 0.447 e. The Kier molecular flexibility index (Phi) is 10.7. The second-order valence-electron chi connectivity index (χ2n) is 11.2. The smallest absolute Gasteiger partial charge is 0.407 e. The summed E-state index contributed by atoms with van der Waals surface area (Å²) in [4.78, 5) is 41.4. The maximum absolute atomic E-state index is 13.8. The van der Waals surface area contributed by atoms with Crippen LogP contribution in [0, 0.1) is 6.92 Å². The first-order valence-corrected chi connectivity index (χ1v) is 15.2. The number of hydrogen-bond donors (Lipinski definition) is 3. The highest BCUT2D eigenvalue weighted by molar-refractivity contribution is 8.00. The molecule has 2 heterocycles. The molecular weight excluding hydrogens is 542 g/mol. The van der Waals surface area contributed by atoms with Crippen LogP contribution >= 0.6 is 11.8 Å². The van der Waals surface area contributed by atoms with Gasteiger partial charge in [-0.2, -0.15) is 0 Å². The molecule has 4 atom stereocenters. The van der Waals surface area contributed by atoms with Crippen molar-refractivity contribution >= 4 is 29.7 Å². The van der Waals surface area contributed by atoms with E-state index in [4.69, 9.17) is 9.47 Å². The van der Waals surface area contributed by atoms with Gasteiger partial charge in [0.15, 0.2) is 6.10 Å². The Morgan fingerprint density at radius 2 is 1.85 bits per heavy atom. The number of nitrogens with zero attached hydrogens (tertiary/aromatic N) is 1. The average Bonchev–Trinajstić information content (AvgIpc) is 3.30. The number of aryl methyl sites for hydroxylation is 1. The fourth-order valence-electron chi connectivity index (χ4n) is 5.25.